The number of urea groups is 2. The van der Waals surface area contributed by atoms with Crippen LogP contribution in [0, 0.1) is 0 Å². The van der Waals surface area contributed by atoms with E-state index >= 15 is 0 Å². The Balaban J connectivity index is 0. The van der Waals surface area contributed by atoms with E-state index in [2.05, 4.69) is 5.32 Å². The lowest BCUT2D eigenvalue weighted by molar-refractivity contribution is -0.120. The monoisotopic (exact) mass is 205 g/mol. The van der Waals surface area contributed by atoms with Crippen LogP contribution in [0.25, 0.3) is 0 Å². The van der Waals surface area contributed by atoms with Crippen molar-refractivity contribution < 1.29 is 19.9 Å². The zero-order chi connectivity index (χ0) is 8.43. The maximum Gasteiger partial charge on any atom is 0.323 e. The summed E-state index contributed by atoms with van der Waals surface area (Å²) in [7, 11) is 0. The molecule has 1 atom stereocenters. The second kappa shape index (κ2) is 5.37. The van der Waals surface area contributed by atoms with E-state index in [1.54, 1.807) is 0 Å². The number of hydrogen-bond acceptors (Lipinski definition) is 3. The van der Waals surface area contributed by atoms with Gasteiger partial charge in [-0.05, 0) is 0 Å². The Morgan fingerprint density at radius 3 is 2.31 bits per heavy atom. The fourth-order valence-electron chi connectivity index (χ4n) is 0.661. The molecule has 5 amide bonds. The zero-order valence-electron chi connectivity index (χ0n) is 6.88. The van der Waals surface area contributed by atoms with Crippen LogP contribution in [0.3, 0.4) is 0 Å². The Morgan fingerprint density at radius 1 is 1.46 bits per heavy atom. The summed E-state index contributed by atoms with van der Waals surface area (Å²) in [4.78, 5) is 31.3. The van der Waals surface area contributed by atoms with Gasteiger partial charge in [-0.15, -0.1) is 0 Å². The molecule has 1 rings (SSSR count). The van der Waals surface area contributed by atoms with E-state index < -0.39 is 24.1 Å². The Kier molecular flexibility index (Phi) is 5.88. The molecule has 0 aliphatic carbocycles. The normalized spacial score (nSPS) is 18.9. The average molecular weight is 205 g/mol. The van der Waals surface area contributed by atoms with Gasteiger partial charge in [0.2, 0.25) is 0 Å². The molecule has 7 N–H and O–H groups in total. The van der Waals surface area contributed by atoms with Crippen molar-refractivity contribution in [1.82, 2.24) is 16.0 Å². The summed E-state index contributed by atoms with van der Waals surface area (Å²) >= 11 is 0. The van der Waals surface area contributed by atoms with Crippen molar-refractivity contribution in [2.24, 2.45) is 5.73 Å². The van der Waals surface area contributed by atoms with Crippen molar-refractivity contribution in [1.29, 1.82) is 0 Å². The molecule has 1 aliphatic rings. The number of imide groups is 1. The smallest absolute Gasteiger partial charge is 0.323 e. The molecule has 8 nitrogen and oxygen atoms in total. The van der Waals surface area contributed by atoms with Gasteiger partial charge in [0.05, 0.1) is 0 Å². The Labute approximate surface area is 83.7 Å². The molecule has 9 heteroatoms. The number of nitrogens with two attached hydrogens (primary N) is 1. The van der Waals surface area contributed by atoms with Crippen molar-refractivity contribution in [3.8, 4) is 0 Å². The number of nitrogens with one attached hydrogen (secondary N) is 3. The molecule has 73 valence electrons. The highest BCUT2D eigenvalue weighted by atomic mass is 27.0. The molecule has 0 bridgehead atoms. The maximum atomic E-state index is 10.7. The Morgan fingerprint density at radius 2 is 2.00 bits per heavy atom. The first-order chi connectivity index (χ1) is 5.09. The molecule has 0 saturated carbocycles. The summed E-state index contributed by atoms with van der Waals surface area (Å²) in [6, 6.07) is -1.51. The predicted octanol–water partition coefficient (Wildman–Crippen LogP) is -3.92. The molecule has 1 unspecified atom stereocenters. The molecule has 1 fully saturated rings. The molecule has 0 aromatic heterocycles. The summed E-state index contributed by atoms with van der Waals surface area (Å²) in [6.45, 7) is 0. The highest BCUT2D eigenvalue weighted by Gasteiger charge is 2.29. The lowest BCUT2D eigenvalue weighted by atomic mass is 10.5. The SMILES string of the molecule is NC(=O)NC1NC(=O)NC1=O.O.[AlH2]. The summed E-state index contributed by atoms with van der Waals surface area (Å²) in [5, 5.41) is 6.05. The van der Waals surface area contributed by atoms with Crippen LogP contribution in [0.15, 0.2) is 0 Å². The minimum Gasteiger partial charge on any atom is -0.412 e. The largest absolute Gasteiger partial charge is 0.412 e. The van der Waals surface area contributed by atoms with Crippen molar-refractivity contribution in [3.63, 3.8) is 0 Å². The summed E-state index contributed by atoms with van der Waals surface area (Å²) in [5.41, 5.74) is 4.70. The number of amides is 5. The molecule has 1 aliphatic heterocycles. The summed E-state index contributed by atoms with van der Waals surface area (Å²) in [6.07, 6.45) is -1.04. The second-order valence-electron chi connectivity index (χ2n) is 1.90. The third kappa shape index (κ3) is 3.75. The van der Waals surface area contributed by atoms with Crippen molar-refractivity contribution in [3.05, 3.63) is 0 Å². The summed E-state index contributed by atoms with van der Waals surface area (Å²) < 4.78 is 0. The number of carbonyl (C=O) groups is 3. The fraction of sp³-hybridized carbons (Fsp3) is 0.250. The van der Waals surface area contributed by atoms with Crippen LogP contribution in [0.2, 0.25) is 0 Å². The van der Waals surface area contributed by atoms with Gasteiger partial charge in [-0.25, -0.2) is 9.59 Å². The van der Waals surface area contributed by atoms with Crippen LogP contribution in [-0.4, -0.2) is 47.0 Å². The van der Waals surface area contributed by atoms with Gasteiger partial charge in [0, 0.05) is 0 Å². The van der Waals surface area contributed by atoms with Gasteiger partial charge in [-0.1, -0.05) is 0 Å². The first-order valence-corrected chi connectivity index (χ1v) is 2.77. The number of rotatable bonds is 1. The van der Waals surface area contributed by atoms with Crippen LogP contribution in [0.4, 0.5) is 9.59 Å². The van der Waals surface area contributed by atoms with Crippen molar-refractivity contribution in [2.75, 3.05) is 0 Å². The van der Waals surface area contributed by atoms with Gasteiger partial charge < -0.3 is 21.8 Å². The molecule has 0 aromatic carbocycles. The second-order valence-corrected chi connectivity index (χ2v) is 1.90. The lowest BCUT2D eigenvalue weighted by Gasteiger charge is -2.05. The van der Waals surface area contributed by atoms with Crippen LogP contribution < -0.4 is 21.7 Å². The van der Waals surface area contributed by atoms with Gasteiger partial charge >= 0.3 is 12.1 Å². The van der Waals surface area contributed by atoms with Gasteiger partial charge in [-0.2, -0.15) is 0 Å². The fourth-order valence-corrected chi connectivity index (χ4v) is 0.661. The molecule has 0 aromatic rings. The van der Waals surface area contributed by atoms with Crippen LogP contribution >= 0.6 is 0 Å². The van der Waals surface area contributed by atoms with E-state index in [9.17, 15) is 14.4 Å². The predicted molar refractivity (Wildman–Crippen MR) is 45.3 cm³/mol. The zero-order valence-corrected chi connectivity index (χ0v) is 8.88. The average Bonchev–Trinajstić information content (AvgIpc) is 2.09. The third-order valence-corrected chi connectivity index (χ3v) is 1.06. The van der Waals surface area contributed by atoms with E-state index in [0.29, 0.717) is 0 Å². The first-order valence-electron chi connectivity index (χ1n) is 2.77. The van der Waals surface area contributed by atoms with Crippen molar-refractivity contribution >= 4 is 35.3 Å². The topological polar surface area (TPSA) is 145 Å². The van der Waals surface area contributed by atoms with E-state index in [4.69, 9.17) is 5.73 Å². The van der Waals surface area contributed by atoms with Crippen LogP contribution in [0.5, 0.6) is 0 Å². The quantitative estimate of drug-likeness (QED) is 0.256. The van der Waals surface area contributed by atoms with Crippen molar-refractivity contribution in [2.45, 2.75) is 6.17 Å². The van der Waals surface area contributed by atoms with E-state index in [1.165, 1.54) is 0 Å². The third-order valence-electron chi connectivity index (χ3n) is 1.06. The van der Waals surface area contributed by atoms with Gasteiger partial charge in [-0.3, -0.25) is 10.1 Å². The molecular formula is C4H10AlN4O4. The molecular weight excluding hydrogens is 195 g/mol. The lowest BCUT2D eigenvalue weighted by Crippen LogP contribution is -2.48. The van der Waals surface area contributed by atoms with E-state index in [1.807, 2.05) is 10.6 Å². The molecule has 1 saturated heterocycles. The van der Waals surface area contributed by atoms with E-state index in [0.717, 1.165) is 0 Å². The van der Waals surface area contributed by atoms with E-state index in [-0.39, 0.29) is 22.8 Å². The Bertz CT molecular complexity index is 232. The minimum atomic E-state index is -1.04. The number of hydrogen-bond donors (Lipinski definition) is 4. The summed E-state index contributed by atoms with van der Waals surface area (Å²) in [5.74, 6) is -0.617. The number of carbonyl (C=O) groups excluding carboxylic acids is 3. The molecule has 13 heavy (non-hydrogen) atoms. The van der Waals surface area contributed by atoms with Crippen LogP contribution in [-0.2, 0) is 4.79 Å². The van der Waals surface area contributed by atoms with Crippen LogP contribution in [0.1, 0.15) is 0 Å². The van der Waals surface area contributed by atoms with Gasteiger partial charge in [0.15, 0.2) is 6.17 Å². The molecule has 1 radical (unpaired) electrons. The highest BCUT2D eigenvalue weighted by Crippen LogP contribution is 1.86. The molecule has 0 spiro atoms. The Hall–Kier alpha value is -1.30. The highest BCUT2D eigenvalue weighted by molar-refractivity contribution is 6.05. The van der Waals surface area contributed by atoms with Gasteiger partial charge in [0.1, 0.15) is 17.4 Å². The first kappa shape index (κ1) is 14.2. The number of primary amides is 1. The van der Waals surface area contributed by atoms with Gasteiger partial charge in [0.25, 0.3) is 5.91 Å². The minimum absolute atomic E-state index is 0. The standard InChI is InChI=1S/C4H6N4O3.Al.H2O.2H/c5-3(10)6-1-2(9)8-4(11)7-1;;;;/h1H,(H3,5,6,10)(H2,7,8,9,11);;1H2;;. The maximum absolute atomic E-state index is 10.7. The molecule has 1 heterocycles.